The van der Waals surface area contributed by atoms with Crippen LogP contribution in [-0.2, 0) is 38.5 Å². The maximum atomic E-state index is 14.1. The number of carbonyl (C=O) groups is 4. The van der Waals surface area contributed by atoms with Crippen LogP contribution in [0.15, 0.2) is 42.5 Å². The number of hydrogen-bond donors (Lipinski definition) is 5. The fraction of sp³-hybridized carbons (Fsp3) is 0.438. The van der Waals surface area contributed by atoms with Crippen LogP contribution in [0.3, 0.4) is 0 Å². The zero-order chi connectivity index (χ0) is 32.2. The third-order valence-corrected chi connectivity index (χ3v) is 8.81. The second-order valence-electron chi connectivity index (χ2n) is 11.8. The van der Waals surface area contributed by atoms with Gasteiger partial charge in [0, 0.05) is 35.0 Å². The Kier molecular flexibility index (Phi) is 10.5. The van der Waals surface area contributed by atoms with E-state index in [0.29, 0.717) is 28.4 Å². The van der Waals surface area contributed by atoms with E-state index < -0.39 is 41.5 Å². The first kappa shape index (κ1) is 33.1. The Labute approximate surface area is 266 Å². The van der Waals surface area contributed by atoms with Crippen LogP contribution in [0, 0.1) is 11.8 Å². The highest BCUT2D eigenvalue weighted by molar-refractivity contribution is 6.38. The fourth-order valence-corrected chi connectivity index (χ4v) is 6.09. The predicted octanol–water partition coefficient (Wildman–Crippen LogP) is 4.79. The van der Waals surface area contributed by atoms with Gasteiger partial charge in [0.05, 0.1) is 10.5 Å². The van der Waals surface area contributed by atoms with Crippen molar-refractivity contribution in [2.45, 2.75) is 77.6 Å². The molecule has 1 aliphatic rings. The van der Waals surface area contributed by atoms with Gasteiger partial charge in [-0.05, 0) is 48.4 Å². The number of carbonyl (C=O) groups excluding carboxylic acids is 4. The summed E-state index contributed by atoms with van der Waals surface area (Å²) in [5.41, 5.74) is 7.31. The van der Waals surface area contributed by atoms with Gasteiger partial charge >= 0.3 is 6.09 Å². The number of amides is 4. The van der Waals surface area contributed by atoms with Crippen LogP contribution in [0.5, 0.6) is 0 Å². The van der Waals surface area contributed by atoms with Crippen molar-refractivity contribution in [3.8, 4) is 0 Å². The first-order valence-corrected chi connectivity index (χ1v) is 15.5. The topological polar surface area (TPSA) is 155 Å². The second kappa shape index (κ2) is 13.9. The van der Waals surface area contributed by atoms with Gasteiger partial charge in [-0.25, -0.2) is 4.79 Å². The van der Waals surface area contributed by atoms with Gasteiger partial charge in [0.1, 0.15) is 11.6 Å². The van der Waals surface area contributed by atoms with Gasteiger partial charge in [-0.1, -0.05) is 81.2 Å². The van der Waals surface area contributed by atoms with Gasteiger partial charge in [-0.15, -0.1) is 0 Å². The SMILES string of the molecule is CC[C@H](C)C(OC(=O)NCc1ccccc1)C(=O)N[C@]1(C(=O)N[C@H](C(N)=O)C(C)C)CCc2[nH]c3c(Cl)cc(Cl)cc3c2C1. The molecule has 0 spiro atoms. The Morgan fingerprint density at radius 2 is 1.80 bits per heavy atom. The summed E-state index contributed by atoms with van der Waals surface area (Å²) in [5.74, 6) is -2.53. The normalized spacial score (nSPS) is 18.2. The predicted molar refractivity (Wildman–Crippen MR) is 170 cm³/mol. The second-order valence-corrected chi connectivity index (χ2v) is 12.6. The Hall–Kier alpha value is -3.76. The minimum Gasteiger partial charge on any atom is -0.436 e. The number of halogens is 2. The lowest BCUT2D eigenvalue weighted by Crippen LogP contribution is -2.66. The van der Waals surface area contributed by atoms with Gasteiger partial charge in [0.2, 0.25) is 11.8 Å². The van der Waals surface area contributed by atoms with Crippen LogP contribution in [0.1, 0.15) is 57.4 Å². The molecule has 1 aromatic heterocycles. The minimum atomic E-state index is -1.49. The molecule has 4 rings (SSSR count). The van der Waals surface area contributed by atoms with Crippen molar-refractivity contribution in [2.24, 2.45) is 17.6 Å². The maximum Gasteiger partial charge on any atom is 0.408 e. The highest BCUT2D eigenvalue weighted by Gasteiger charge is 2.47. The van der Waals surface area contributed by atoms with Crippen molar-refractivity contribution in [2.75, 3.05) is 0 Å². The van der Waals surface area contributed by atoms with Crippen LogP contribution >= 0.6 is 23.2 Å². The Morgan fingerprint density at radius 1 is 1.09 bits per heavy atom. The molecule has 44 heavy (non-hydrogen) atoms. The molecule has 1 heterocycles. The maximum absolute atomic E-state index is 14.1. The molecule has 236 valence electrons. The summed E-state index contributed by atoms with van der Waals surface area (Å²) < 4.78 is 5.66. The number of H-pyrrole nitrogens is 1. The van der Waals surface area contributed by atoms with E-state index in [1.54, 1.807) is 32.9 Å². The summed E-state index contributed by atoms with van der Waals surface area (Å²) in [6, 6.07) is 11.7. The van der Waals surface area contributed by atoms with Crippen LogP contribution in [-0.4, -0.2) is 46.5 Å². The minimum absolute atomic E-state index is 0.0770. The van der Waals surface area contributed by atoms with E-state index in [9.17, 15) is 19.2 Å². The van der Waals surface area contributed by atoms with Crippen molar-refractivity contribution in [3.05, 3.63) is 69.3 Å². The monoisotopic (exact) mass is 643 g/mol. The fourth-order valence-electron chi connectivity index (χ4n) is 5.55. The van der Waals surface area contributed by atoms with Crippen molar-refractivity contribution >= 4 is 57.9 Å². The lowest BCUT2D eigenvalue weighted by atomic mass is 9.78. The number of fused-ring (bicyclic) bond motifs is 3. The highest BCUT2D eigenvalue weighted by Crippen LogP contribution is 2.38. The molecule has 0 saturated heterocycles. The molecular formula is C32H39Cl2N5O5. The number of aromatic amines is 1. The standard InChI is InChI=1S/C32H39Cl2N5O5/c1-5-18(4)27(44-31(43)36-16-19-9-7-6-8-10-19)29(41)39-32(30(42)38-25(17(2)3)28(35)40)12-11-24-22(15-32)21-13-20(33)14-23(34)26(21)37-24/h6-10,13-14,17-18,25,27,37H,5,11-12,15-16H2,1-4H3,(H2,35,40)(H,36,43)(H,38,42)(H,39,41)/t18-,25-,27?,32+/m0/s1. The Morgan fingerprint density at radius 3 is 2.43 bits per heavy atom. The Balaban J connectivity index is 1.65. The quantitative estimate of drug-likeness (QED) is 0.203. The Bertz CT molecular complexity index is 1540. The van der Waals surface area contributed by atoms with E-state index in [0.717, 1.165) is 22.2 Å². The highest BCUT2D eigenvalue weighted by atomic mass is 35.5. The summed E-state index contributed by atoms with van der Waals surface area (Å²) in [5, 5.41) is 10.00. The van der Waals surface area contributed by atoms with Crippen molar-refractivity contribution in [3.63, 3.8) is 0 Å². The van der Waals surface area contributed by atoms with E-state index in [1.165, 1.54) is 0 Å². The average molecular weight is 645 g/mol. The molecule has 0 bridgehead atoms. The number of hydrogen-bond acceptors (Lipinski definition) is 5. The van der Waals surface area contributed by atoms with Crippen LogP contribution in [0.4, 0.5) is 4.79 Å². The summed E-state index contributed by atoms with van der Waals surface area (Å²) in [6.07, 6.45) is -0.746. The molecule has 0 radical (unpaired) electrons. The van der Waals surface area contributed by atoms with E-state index >= 15 is 0 Å². The molecule has 2 aromatic carbocycles. The lowest BCUT2D eigenvalue weighted by molar-refractivity contribution is -0.141. The van der Waals surface area contributed by atoms with E-state index in [4.69, 9.17) is 33.7 Å². The molecule has 1 aliphatic carbocycles. The third-order valence-electron chi connectivity index (χ3n) is 8.29. The summed E-state index contributed by atoms with van der Waals surface area (Å²) >= 11 is 12.8. The summed E-state index contributed by atoms with van der Waals surface area (Å²) in [6.45, 7) is 7.44. The third kappa shape index (κ3) is 7.30. The number of primary amides is 1. The number of nitrogens with one attached hydrogen (secondary N) is 4. The number of ether oxygens (including phenoxy) is 1. The molecular weight excluding hydrogens is 605 g/mol. The molecule has 4 atom stereocenters. The van der Waals surface area contributed by atoms with E-state index in [-0.39, 0.29) is 31.2 Å². The largest absolute Gasteiger partial charge is 0.436 e. The number of aryl methyl sites for hydroxylation is 1. The van der Waals surface area contributed by atoms with E-state index in [1.807, 2.05) is 37.3 Å². The molecule has 12 heteroatoms. The van der Waals surface area contributed by atoms with Gasteiger partial charge in [0.25, 0.3) is 5.91 Å². The number of benzene rings is 2. The number of rotatable bonds is 11. The zero-order valence-corrected chi connectivity index (χ0v) is 26.8. The van der Waals surface area contributed by atoms with Crippen molar-refractivity contribution < 1.29 is 23.9 Å². The smallest absolute Gasteiger partial charge is 0.408 e. The summed E-state index contributed by atoms with van der Waals surface area (Å²) in [7, 11) is 0. The molecule has 4 amide bonds. The number of alkyl carbamates (subject to hydrolysis) is 1. The first-order valence-electron chi connectivity index (χ1n) is 14.7. The number of aromatic nitrogens is 1. The lowest BCUT2D eigenvalue weighted by Gasteiger charge is -2.39. The average Bonchev–Trinajstić information content (AvgIpc) is 3.35. The first-order chi connectivity index (χ1) is 20.8. The van der Waals surface area contributed by atoms with Gasteiger partial charge in [-0.2, -0.15) is 0 Å². The molecule has 0 fully saturated rings. The molecule has 0 saturated carbocycles. The van der Waals surface area contributed by atoms with Gasteiger partial charge in [0.15, 0.2) is 6.10 Å². The van der Waals surface area contributed by atoms with Gasteiger partial charge < -0.3 is 31.4 Å². The van der Waals surface area contributed by atoms with Crippen molar-refractivity contribution in [1.29, 1.82) is 0 Å². The van der Waals surface area contributed by atoms with Crippen LogP contribution in [0.2, 0.25) is 10.0 Å². The van der Waals surface area contributed by atoms with E-state index in [2.05, 4.69) is 20.9 Å². The molecule has 10 nitrogen and oxygen atoms in total. The summed E-state index contributed by atoms with van der Waals surface area (Å²) in [4.78, 5) is 56.5. The zero-order valence-electron chi connectivity index (χ0n) is 25.3. The van der Waals surface area contributed by atoms with Crippen molar-refractivity contribution in [1.82, 2.24) is 20.9 Å². The van der Waals surface area contributed by atoms with Gasteiger partial charge in [-0.3, -0.25) is 14.4 Å². The molecule has 6 N–H and O–H groups in total. The molecule has 1 unspecified atom stereocenters. The molecule has 0 aliphatic heterocycles. The molecule has 3 aromatic rings. The van der Waals surface area contributed by atoms with Crippen LogP contribution in [0.25, 0.3) is 10.9 Å². The number of nitrogens with two attached hydrogens (primary N) is 1. The van der Waals surface area contributed by atoms with Crippen LogP contribution < -0.4 is 21.7 Å².